The molecule has 2 heterocycles. The first-order chi connectivity index (χ1) is 13.3. The molecular weight excluding hydrogens is 376 g/mol. The number of pyridine rings is 1. The van der Waals surface area contributed by atoms with Gasteiger partial charge in [-0.05, 0) is 36.0 Å². The summed E-state index contributed by atoms with van der Waals surface area (Å²) < 4.78 is 28.1. The maximum Gasteiger partial charge on any atom is 0.260 e. The average molecular weight is 409 g/mol. The van der Waals surface area contributed by atoms with Crippen LogP contribution >= 0.6 is 0 Å². The molecule has 28 heavy (non-hydrogen) atoms. The first-order valence-corrected chi connectivity index (χ1v) is 11.6. The summed E-state index contributed by atoms with van der Waals surface area (Å²) in [7, 11) is -0.295. The van der Waals surface area contributed by atoms with E-state index in [1.807, 2.05) is 0 Å². The number of nitrogens with zero attached hydrogens (tertiary/aromatic N) is 3. The van der Waals surface area contributed by atoms with Gasteiger partial charge in [0, 0.05) is 39.9 Å². The Balaban J connectivity index is 1.89. The molecule has 2 aliphatic rings. The fourth-order valence-electron chi connectivity index (χ4n) is 4.63. The third kappa shape index (κ3) is 4.55. The van der Waals surface area contributed by atoms with Crippen molar-refractivity contribution >= 4 is 15.9 Å². The van der Waals surface area contributed by atoms with E-state index in [4.69, 9.17) is 5.73 Å². The van der Waals surface area contributed by atoms with E-state index in [1.54, 1.807) is 31.1 Å². The van der Waals surface area contributed by atoms with Gasteiger partial charge in [-0.25, -0.2) is 13.4 Å². The summed E-state index contributed by atoms with van der Waals surface area (Å²) in [6.07, 6.45) is 8.15. The summed E-state index contributed by atoms with van der Waals surface area (Å²) in [6.45, 7) is 0.952. The molecule has 0 spiro atoms. The van der Waals surface area contributed by atoms with Crippen LogP contribution in [0.5, 0.6) is 0 Å². The molecule has 7 nitrogen and oxygen atoms in total. The molecular formula is C20H32N4O3S. The molecule has 156 valence electrons. The van der Waals surface area contributed by atoms with Crippen molar-refractivity contribution in [2.45, 2.75) is 50.1 Å². The number of nitrogens with two attached hydrogens (primary N) is 1. The van der Waals surface area contributed by atoms with Crippen molar-refractivity contribution in [1.29, 1.82) is 0 Å². The normalized spacial score (nSPS) is 24.8. The lowest BCUT2D eigenvalue weighted by Gasteiger charge is -2.41. The number of sulfonamides is 1. The van der Waals surface area contributed by atoms with E-state index in [-0.39, 0.29) is 35.9 Å². The van der Waals surface area contributed by atoms with Gasteiger partial charge in [0.25, 0.3) is 10.0 Å². The third-order valence-corrected chi connectivity index (χ3v) is 7.92. The van der Waals surface area contributed by atoms with E-state index in [0.717, 1.165) is 24.8 Å². The number of hydrogen-bond acceptors (Lipinski definition) is 5. The number of carbonyl (C=O) groups is 1. The highest BCUT2D eigenvalue weighted by molar-refractivity contribution is 7.89. The molecule has 0 bridgehead atoms. The van der Waals surface area contributed by atoms with Gasteiger partial charge >= 0.3 is 0 Å². The molecule has 0 unspecified atom stereocenters. The van der Waals surface area contributed by atoms with Crippen LogP contribution in [0.2, 0.25) is 0 Å². The maximum atomic E-state index is 13.3. The minimum Gasteiger partial charge on any atom is -0.349 e. The van der Waals surface area contributed by atoms with Crippen LogP contribution in [0.4, 0.5) is 0 Å². The Labute approximate surface area is 168 Å². The molecule has 1 aromatic rings. The molecule has 1 aromatic heterocycles. The van der Waals surface area contributed by atoms with Gasteiger partial charge in [0.05, 0.1) is 5.92 Å². The summed E-state index contributed by atoms with van der Waals surface area (Å²) in [4.78, 5) is 18.4. The van der Waals surface area contributed by atoms with Gasteiger partial charge in [0.15, 0.2) is 5.03 Å². The Hall–Kier alpha value is -1.51. The number of rotatable bonds is 5. The second-order valence-corrected chi connectivity index (χ2v) is 10.2. The Morgan fingerprint density at radius 2 is 1.93 bits per heavy atom. The van der Waals surface area contributed by atoms with E-state index in [0.29, 0.717) is 12.5 Å². The highest BCUT2D eigenvalue weighted by atomic mass is 32.2. The van der Waals surface area contributed by atoms with E-state index >= 15 is 0 Å². The molecule has 3 rings (SSSR count). The van der Waals surface area contributed by atoms with Crippen LogP contribution in [0, 0.1) is 17.8 Å². The second-order valence-electron chi connectivity index (χ2n) is 8.35. The van der Waals surface area contributed by atoms with Crippen LogP contribution in [0.1, 0.15) is 44.1 Å². The number of carbonyl (C=O) groups excluding carboxylic acids is 1. The minimum absolute atomic E-state index is 0.00405. The molecule has 2 N–H and O–H groups in total. The highest BCUT2D eigenvalue weighted by Crippen LogP contribution is 2.38. The summed E-state index contributed by atoms with van der Waals surface area (Å²) in [5.41, 5.74) is 6.40. The fraction of sp³-hybridized carbons (Fsp3) is 0.700. The van der Waals surface area contributed by atoms with Crippen LogP contribution in [0.3, 0.4) is 0 Å². The van der Waals surface area contributed by atoms with Gasteiger partial charge in [0.2, 0.25) is 5.91 Å². The monoisotopic (exact) mass is 408 g/mol. The Bertz CT molecular complexity index is 790. The highest BCUT2D eigenvalue weighted by Gasteiger charge is 2.41. The topological polar surface area (TPSA) is 96.6 Å². The zero-order chi connectivity index (χ0) is 20.3. The zero-order valence-corrected chi connectivity index (χ0v) is 17.7. The van der Waals surface area contributed by atoms with Crippen molar-refractivity contribution in [3.63, 3.8) is 0 Å². The van der Waals surface area contributed by atoms with Gasteiger partial charge in [-0.1, -0.05) is 32.1 Å². The summed E-state index contributed by atoms with van der Waals surface area (Å²) >= 11 is 0. The molecule has 2 atom stereocenters. The fourth-order valence-corrected chi connectivity index (χ4v) is 6.16. The molecule has 2 fully saturated rings. The maximum absolute atomic E-state index is 13.3. The number of aromatic nitrogens is 1. The van der Waals surface area contributed by atoms with Crippen molar-refractivity contribution in [2.75, 3.05) is 27.2 Å². The predicted octanol–water partition coefficient (Wildman–Crippen LogP) is 1.84. The largest absolute Gasteiger partial charge is 0.349 e. The lowest BCUT2D eigenvalue weighted by molar-refractivity contribution is -0.135. The lowest BCUT2D eigenvalue weighted by Crippen LogP contribution is -2.50. The van der Waals surface area contributed by atoms with E-state index in [2.05, 4.69) is 4.98 Å². The number of piperidine rings is 1. The second kappa shape index (κ2) is 8.88. The Morgan fingerprint density at radius 1 is 1.21 bits per heavy atom. The van der Waals surface area contributed by atoms with Gasteiger partial charge < -0.3 is 10.6 Å². The number of hydrogen-bond donors (Lipinski definition) is 1. The van der Waals surface area contributed by atoms with E-state index in [9.17, 15) is 13.2 Å². The molecule has 0 aromatic carbocycles. The standard InChI is InChI=1S/C20H32N4O3S/c1-23(2)20(25)18-11-17(16-6-4-3-5-7-16)13-24(14-18)28(26,27)19-10-15(12-21)8-9-22-19/h8-10,16-18H,3-7,11-14,21H2,1-2H3/t17-,18+/m1/s1. The molecule has 0 radical (unpaired) electrons. The van der Waals surface area contributed by atoms with Crippen LogP contribution < -0.4 is 5.73 Å². The van der Waals surface area contributed by atoms with Crippen LogP contribution in [0.15, 0.2) is 23.4 Å². The molecule has 1 saturated heterocycles. The lowest BCUT2D eigenvalue weighted by atomic mass is 9.74. The SMILES string of the molecule is CN(C)C(=O)[C@H]1C[C@@H](C2CCCCC2)CN(S(=O)(=O)c2cc(CN)ccn2)C1. The van der Waals surface area contributed by atoms with Crippen molar-refractivity contribution in [3.05, 3.63) is 23.9 Å². The minimum atomic E-state index is -3.76. The Kier molecular flexibility index (Phi) is 6.73. The molecule has 8 heteroatoms. The van der Waals surface area contributed by atoms with Crippen molar-refractivity contribution < 1.29 is 13.2 Å². The Morgan fingerprint density at radius 3 is 2.57 bits per heavy atom. The quantitative estimate of drug-likeness (QED) is 0.802. The van der Waals surface area contributed by atoms with E-state index < -0.39 is 10.0 Å². The molecule has 1 aliphatic carbocycles. The predicted molar refractivity (Wildman–Crippen MR) is 108 cm³/mol. The molecule has 1 saturated carbocycles. The molecule has 1 aliphatic heterocycles. The van der Waals surface area contributed by atoms with Gasteiger partial charge in [-0.2, -0.15) is 4.31 Å². The van der Waals surface area contributed by atoms with Gasteiger partial charge in [0.1, 0.15) is 0 Å². The number of amides is 1. The third-order valence-electron chi connectivity index (χ3n) is 6.20. The summed E-state index contributed by atoms with van der Waals surface area (Å²) in [5, 5.41) is 0.0239. The van der Waals surface area contributed by atoms with Crippen LogP contribution in [0.25, 0.3) is 0 Å². The average Bonchev–Trinajstić information content (AvgIpc) is 2.73. The smallest absolute Gasteiger partial charge is 0.260 e. The summed E-state index contributed by atoms with van der Waals surface area (Å²) in [6, 6.07) is 3.26. The van der Waals surface area contributed by atoms with Crippen LogP contribution in [-0.2, 0) is 21.4 Å². The first-order valence-electron chi connectivity index (χ1n) is 10.2. The van der Waals surface area contributed by atoms with Crippen LogP contribution in [-0.4, -0.2) is 55.7 Å². The zero-order valence-electron chi connectivity index (χ0n) is 16.9. The first kappa shape index (κ1) is 21.2. The van der Waals surface area contributed by atoms with Crippen molar-refractivity contribution in [3.8, 4) is 0 Å². The van der Waals surface area contributed by atoms with Gasteiger partial charge in [-0.3, -0.25) is 4.79 Å². The van der Waals surface area contributed by atoms with Gasteiger partial charge in [-0.15, -0.1) is 0 Å². The van der Waals surface area contributed by atoms with Crippen molar-refractivity contribution in [2.24, 2.45) is 23.5 Å². The molecule has 1 amide bonds. The van der Waals surface area contributed by atoms with Crippen molar-refractivity contribution in [1.82, 2.24) is 14.2 Å². The van der Waals surface area contributed by atoms with E-state index in [1.165, 1.54) is 29.8 Å². The summed E-state index contributed by atoms with van der Waals surface area (Å²) in [5.74, 6) is 0.412.